The maximum atomic E-state index is 4.30. The van der Waals surface area contributed by atoms with E-state index < -0.39 is 0 Å². The molecule has 0 aliphatic carbocycles. The van der Waals surface area contributed by atoms with Crippen LogP contribution in [-0.4, -0.2) is 21.2 Å². The second-order valence-electron chi connectivity index (χ2n) is 3.90. The van der Waals surface area contributed by atoms with Gasteiger partial charge in [-0.25, -0.2) is 0 Å². The van der Waals surface area contributed by atoms with Crippen molar-refractivity contribution < 1.29 is 0 Å². The molecule has 2 aromatic heterocycles. The zero-order valence-electron chi connectivity index (χ0n) is 9.64. The molecule has 90 valence electrons. The molecule has 0 radical (unpaired) electrons. The zero-order chi connectivity index (χ0) is 12.3. The molecule has 2 aromatic rings. The van der Waals surface area contributed by atoms with Gasteiger partial charge in [0.05, 0.1) is 0 Å². The van der Waals surface area contributed by atoms with Gasteiger partial charge < -0.3 is 5.32 Å². The van der Waals surface area contributed by atoms with Crippen LogP contribution in [0.3, 0.4) is 0 Å². The average Bonchev–Trinajstić information content (AvgIpc) is 2.76. The van der Waals surface area contributed by atoms with Gasteiger partial charge in [-0.1, -0.05) is 25.2 Å². The second kappa shape index (κ2) is 5.66. The van der Waals surface area contributed by atoms with E-state index in [9.17, 15) is 0 Å². The molecule has 4 nitrogen and oxygen atoms in total. The lowest BCUT2D eigenvalue weighted by Crippen LogP contribution is -2.21. The van der Waals surface area contributed by atoms with Crippen LogP contribution in [0.2, 0.25) is 0 Å². The lowest BCUT2D eigenvalue weighted by Gasteiger charge is -2.03. The van der Waals surface area contributed by atoms with E-state index in [0.29, 0.717) is 6.04 Å². The minimum absolute atomic E-state index is 0.452. The van der Waals surface area contributed by atoms with E-state index in [0.717, 1.165) is 26.7 Å². The van der Waals surface area contributed by atoms with E-state index in [1.165, 1.54) is 0 Å². The number of hydrogen-bond donors (Lipinski definition) is 1. The van der Waals surface area contributed by atoms with Gasteiger partial charge in [-0.2, -0.15) is 0 Å². The normalized spacial score (nSPS) is 11.1. The summed E-state index contributed by atoms with van der Waals surface area (Å²) in [4.78, 5) is 4.30. The third kappa shape index (κ3) is 3.55. The summed E-state index contributed by atoms with van der Waals surface area (Å²) in [5.74, 6) is 0. The summed E-state index contributed by atoms with van der Waals surface area (Å²) in [6.07, 6.45) is 1.77. The Morgan fingerprint density at radius 3 is 2.82 bits per heavy atom. The smallest absolute Gasteiger partial charge is 0.166 e. The van der Waals surface area contributed by atoms with Gasteiger partial charge in [0.15, 0.2) is 5.01 Å². The highest BCUT2D eigenvalue weighted by Gasteiger charge is 2.07. The van der Waals surface area contributed by atoms with Crippen LogP contribution in [0.25, 0.3) is 10.7 Å². The number of halogens is 1. The Morgan fingerprint density at radius 1 is 1.35 bits per heavy atom. The van der Waals surface area contributed by atoms with Gasteiger partial charge >= 0.3 is 0 Å². The van der Waals surface area contributed by atoms with Gasteiger partial charge in [0.25, 0.3) is 0 Å². The van der Waals surface area contributed by atoms with Crippen molar-refractivity contribution in [2.75, 3.05) is 0 Å². The van der Waals surface area contributed by atoms with Gasteiger partial charge in [-0.15, -0.1) is 10.2 Å². The number of nitrogens with one attached hydrogen (secondary N) is 1. The first-order valence-electron chi connectivity index (χ1n) is 5.33. The minimum atomic E-state index is 0.452. The first-order chi connectivity index (χ1) is 8.15. The Labute approximate surface area is 113 Å². The van der Waals surface area contributed by atoms with Crippen molar-refractivity contribution in [2.24, 2.45) is 0 Å². The molecule has 0 aliphatic rings. The molecule has 0 amide bonds. The van der Waals surface area contributed by atoms with Crippen LogP contribution in [0.1, 0.15) is 18.9 Å². The third-order valence-corrected chi connectivity index (χ3v) is 3.49. The molecule has 2 heterocycles. The molecule has 0 saturated heterocycles. The van der Waals surface area contributed by atoms with Gasteiger partial charge in [-0.3, -0.25) is 4.98 Å². The molecular formula is C11H13BrN4S. The van der Waals surface area contributed by atoms with E-state index in [-0.39, 0.29) is 0 Å². The first-order valence-corrected chi connectivity index (χ1v) is 6.94. The zero-order valence-corrected chi connectivity index (χ0v) is 12.0. The molecule has 0 spiro atoms. The van der Waals surface area contributed by atoms with Crippen molar-refractivity contribution in [3.63, 3.8) is 0 Å². The fourth-order valence-electron chi connectivity index (χ4n) is 1.22. The van der Waals surface area contributed by atoms with Crippen LogP contribution >= 0.6 is 27.3 Å². The van der Waals surface area contributed by atoms with Crippen LogP contribution in [-0.2, 0) is 6.54 Å². The minimum Gasteiger partial charge on any atom is -0.308 e. The summed E-state index contributed by atoms with van der Waals surface area (Å²) in [5.41, 5.74) is 0.862. The third-order valence-electron chi connectivity index (χ3n) is 2.07. The molecule has 0 atom stereocenters. The standard InChI is InChI=1S/C11H13BrN4S/c1-7(2)13-6-10-15-16-11(17-10)9-4-3-8(12)5-14-9/h3-5,7,13H,6H2,1-2H3. The van der Waals surface area contributed by atoms with Crippen molar-refractivity contribution in [1.82, 2.24) is 20.5 Å². The summed E-state index contributed by atoms with van der Waals surface area (Å²) < 4.78 is 0.965. The first kappa shape index (κ1) is 12.6. The van der Waals surface area contributed by atoms with Crippen molar-refractivity contribution >= 4 is 27.3 Å². The van der Waals surface area contributed by atoms with Crippen molar-refractivity contribution in [2.45, 2.75) is 26.4 Å². The average molecular weight is 313 g/mol. The maximum absolute atomic E-state index is 4.30. The number of rotatable bonds is 4. The Balaban J connectivity index is 2.10. The fraction of sp³-hybridized carbons (Fsp3) is 0.364. The van der Waals surface area contributed by atoms with E-state index >= 15 is 0 Å². The highest BCUT2D eigenvalue weighted by atomic mass is 79.9. The molecule has 6 heteroatoms. The monoisotopic (exact) mass is 312 g/mol. The van der Waals surface area contributed by atoms with Crippen molar-refractivity contribution in [3.8, 4) is 10.7 Å². The van der Waals surface area contributed by atoms with Gasteiger partial charge in [0.2, 0.25) is 0 Å². The van der Waals surface area contributed by atoms with Crippen LogP contribution in [0.15, 0.2) is 22.8 Å². The molecule has 1 N–H and O–H groups in total. The van der Waals surface area contributed by atoms with E-state index in [2.05, 4.69) is 50.3 Å². The molecular weight excluding hydrogens is 300 g/mol. The summed E-state index contributed by atoms with van der Waals surface area (Å²) in [6.45, 7) is 4.97. The topological polar surface area (TPSA) is 50.7 Å². The second-order valence-corrected chi connectivity index (χ2v) is 5.88. The quantitative estimate of drug-likeness (QED) is 0.943. The SMILES string of the molecule is CC(C)NCc1nnc(-c2ccc(Br)cn2)s1. The Hall–Kier alpha value is -0.850. The van der Waals surface area contributed by atoms with Crippen molar-refractivity contribution in [1.29, 1.82) is 0 Å². The van der Waals surface area contributed by atoms with Gasteiger partial charge in [0, 0.05) is 23.3 Å². The molecule has 2 rings (SSSR count). The highest BCUT2D eigenvalue weighted by Crippen LogP contribution is 2.22. The van der Waals surface area contributed by atoms with Crippen LogP contribution in [0.5, 0.6) is 0 Å². The molecule has 0 fully saturated rings. The summed E-state index contributed by atoms with van der Waals surface area (Å²) in [6, 6.07) is 4.34. The van der Waals surface area contributed by atoms with Crippen LogP contribution < -0.4 is 5.32 Å². The fourth-order valence-corrected chi connectivity index (χ4v) is 2.22. The molecule has 0 bridgehead atoms. The lowest BCUT2D eigenvalue weighted by atomic mass is 10.4. The Bertz CT molecular complexity index is 480. The van der Waals surface area contributed by atoms with Crippen LogP contribution in [0, 0.1) is 0 Å². The number of nitrogens with zero attached hydrogens (tertiary/aromatic N) is 3. The Kier molecular flexibility index (Phi) is 4.20. The van der Waals surface area contributed by atoms with Crippen molar-refractivity contribution in [3.05, 3.63) is 27.8 Å². The summed E-state index contributed by atoms with van der Waals surface area (Å²) in [5, 5.41) is 13.4. The number of hydrogen-bond acceptors (Lipinski definition) is 5. The molecule has 17 heavy (non-hydrogen) atoms. The largest absolute Gasteiger partial charge is 0.308 e. The van der Waals surface area contributed by atoms with Gasteiger partial charge in [-0.05, 0) is 28.1 Å². The molecule has 0 unspecified atom stereocenters. The lowest BCUT2D eigenvalue weighted by molar-refractivity contribution is 0.585. The Morgan fingerprint density at radius 2 is 2.18 bits per heavy atom. The van der Waals surface area contributed by atoms with E-state index in [1.54, 1.807) is 17.5 Å². The number of aromatic nitrogens is 3. The summed E-state index contributed by atoms with van der Waals surface area (Å²) in [7, 11) is 0. The maximum Gasteiger partial charge on any atom is 0.166 e. The van der Waals surface area contributed by atoms with E-state index in [1.807, 2.05) is 12.1 Å². The van der Waals surface area contributed by atoms with Gasteiger partial charge in [0.1, 0.15) is 10.7 Å². The molecule has 0 aromatic carbocycles. The molecule has 0 saturated carbocycles. The van der Waals surface area contributed by atoms with Crippen LogP contribution in [0.4, 0.5) is 0 Å². The van der Waals surface area contributed by atoms with E-state index in [4.69, 9.17) is 0 Å². The predicted octanol–water partition coefficient (Wildman–Crippen LogP) is 2.86. The predicted molar refractivity (Wildman–Crippen MR) is 72.8 cm³/mol. The number of pyridine rings is 1. The highest BCUT2D eigenvalue weighted by molar-refractivity contribution is 9.10. The molecule has 0 aliphatic heterocycles. The summed E-state index contributed by atoms with van der Waals surface area (Å²) >= 11 is 4.93.